The van der Waals surface area contributed by atoms with Crippen LogP contribution in [0.4, 0.5) is 5.69 Å². The molecule has 0 saturated carbocycles. The molecule has 0 bridgehead atoms. The fraction of sp³-hybridized carbons (Fsp3) is 0.0952. The molecule has 3 aromatic carbocycles. The molecule has 1 aliphatic rings. The maximum absolute atomic E-state index is 12.5. The summed E-state index contributed by atoms with van der Waals surface area (Å²) in [6, 6.07) is 22.9. The zero-order valence-electron chi connectivity index (χ0n) is 14.1. The Morgan fingerprint density at radius 3 is 2.33 bits per heavy atom. The summed E-state index contributed by atoms with van der Waals surface area (Å²) in [6.07, 6.45) is 0. The van der Waals surface area contributed by atoms with Crippen molar-refractivity contribution in [2.45, 2.75) is 5.37 Å². The summed E-state index contributed by atoms with van der Waals surface area (Å²) in [5.74, 6) is 2.00. The number of carbonyl (C=O) groups is 1. The van der Waals surface area contributed by atoms with Crippen molar-refractivity contribution in [2.75, 3.05) is 10.7 Å². The quantitative estimate of drug-likeness (QED) is 0.435. The van der Waals surface area contributed by atoms with E-state index in [9.17, 15) is 4.79 Å². The van der Waals surface area contributed by atoms with E-state index in [0.29, 0.717) is 22.3 Å². The average Bonchev–Trinajstić information content (AvgIpc) is 3.06. The summed E-state index contributed by atoms with van der Waals surface area (Å²) < 4.78 is 6.84. The lowest BCUT2D eigenvalue weighted by atomic mass is 10.2. The molecule has 0 aromatic heterocycles. The predicted octanol–water partition coefficient (Wildman–Crippen LogP) is 6.67. The minimum Gasteiger partial charge on any atom is -0.457 e. The Morgan fingerprint density at radius 1 is 1.00 bits per heavy atom. The zero-order chi connectivity index (χ0) is 18.8. The van der Waals surface area contributed by atoms with E-state index >= 15 is 0 Å². The summed E-state index contributed by atoms with van der Waals surface area (Å²) in [5.41, 5.74) is 1.96. The highest BCUT2D eigenvalue weighted by molar-refractivity contribution is 9.10. The lowest BCUT2D eigenvalue weighted by molar-refractivity contribution is -0.115. The predicted molar refractivity (Wildman–Crippen MR) is 115 cm³/mol. The third kappa shape index (κ3) is 4.15. The van der Waals surface area contributed by atoms with Crippen molar-refractivity contribution in [3.05, 3.63) is 87.9 Å². The number of hydrogen-bond acceptors (Lipinski definition) is 3. The summed E-state index contributed by atoms with van der Waals surface area (Å²) in [4.78, 5) is 14.3. The highest BCUT2D eigenvalue weighted by atomic mass is 79.9. The van der Waals surface area contributed by atoms with E-state index in [1.165, 1.54) is 0 Å². The van der Waals surface area contributed by atoms with Crippen molar-refractivity contribution >= 4 is 50.9 Å². The minimum atomic E-state index is -0.0296. The molecule has 1 aliphatic heterocycles. The first-order chi connectivity index (χ1) is 13.1. The van der Waals surface area contributed by atoms with Crippen LogP contribution in [0.2, 0.25) is 5.02 Å². The molecule has 6 heteroatoms. The maximum atomic E-state index is 12.5. The first-order valence-corrected chi connectivity index (χ1v) is 10.5. The number of halogens is 2. The zero-order valence-corrected chi connectivity index (χ0v) is 17.3. The van der Waals surface area contributed by atoms with Gasteiger partial charge in [0.2, 0.25) is 5.91 Å². The molecule has 0 spiro atoms. The van der Waals surface area contributed by atoms with Crippen LogP contribution in [0.25, 0.3) is 0 Å². The first-order valence-electron chi connectivity index (χ1n) is 8.33. The lowest BCUT2D eigenvalue weighted by Crippen LogP contribution is -2.27. The highest BCUT2D eigenvalue weighted by Crippen LogP contribution is 2.42. The third-order valence-electron chi connectivity index (χ3n) is 4.17. The second-order valence-electron chi connectivity index (χ2n) is 6.03. The minimum absolute atomic E-state index is 0.0296. The number of ether oxygens (including phenoxy) is 1. The molecule has 27 heavy (non-hydrogen) atoms. The van der Waals surface area contributed by atoms with Gasteiger partial charge >= 0.3 is 0 Å². The van der Waals surface area contributed by atoms with Crippen LogP contribution in [0, 0.1) is 0 Å². The Bertz CT molecular complexity index is 963. The molecule has 1 amide bonds. The van der Waals surface area contributed by atoms with Gasteiger partial charge in [0, 0.05) is 15.2 Å². The van der Waals surface area contributed by atoms with Crippen LogP contribution in [0.15, 0.2) is 77.3 Å². The van der Waals surface area contributed by atoms with E-state index in [0.717, 1.165) is 15.7 Å². The molecule has 1 saturated heterocycles. The van der Waals surface area contributed by atoms with Gasteiger partial charge in [-0.3, -0.25) is 9.69 Å². The molecule has 0 unspecified atom stereocenters. The van der Waals surface area contributed by atoms with Crippen LogP contribution in [0.5, 0.6) is 11.5 Å². The summed E-state index contributed by atoms with van der Waals surface area (Å²) in [6.45, 7) is 0. The van der Waals surface area contributed by atoms with E-state index in [-0.39, 0.29) is 11.3 Å². The van der Waals surface area contributed by atoms with E-state index < -0.39 is 0 Å². The Kier molecular flexibility index (Phi) is 5.43. The number of benzene rings is 3. The van der Waals surface area contributed by atoms with Gasteiger partial charge in [0.15, 0.2) is 0 Å². The highest BCUT2D eigenvalue weighted by Gasteiger charge is 2.34. The monoisotopic (exact) mass is 459 g/mol. The number of hydrogen-bond donors (Lipinski definition) is 0. The second kappa shape index (κ2) is 7.97. The van der Waals surface area contributed by atoms with Gasteiger partial charge in [-0.2, -0.15) is 0 Å². The van der Waals surface area contributed by atoms with E-state index in [4.69, 9.17) is 16.3 Å². The standard InChI is InChI=1S/C21H15BrClNO2S/c22-15-3-1-2-14(12-15)21-24(20(25)13-27-21)17-6-10-19(11-7-17)26-18-8-4-16(23)5-9-18/h1-12,21H,13H2/t21-/m1/s1. The van der Waals surface area contributed by atoms with E-state index in [1.807, 2.05) is 59.5 Å². The molecule has 1 fully saturated rings. The fourth-order valence-electron chi connectivity index (χ4n) is 2.92. The molecule has 136 valence electrons. The van der Waals surface area contributed by atoms with E-state index in [1.54, 1.807) is 23.9 Å². The molecule has 0 radical (unpaired) electrons. The van der Waals surface area contributed by atoms with Crippen molar-refractivity contribution < 1.29 is 9.53 Å². The molecule has 4 rings (SSSR count). The van der Waals surface area contributed by atoms with E-state index in [2.05, 4.69) is 22.0 Å². The lowest BCUT2D eigenvalue weighted by Gasteiger charge is -2.24. The van der Waals surface area contributed by atoms with Gasteiger partial charge in [0.25, 0.3) is 0 Å². The van der Waals surface area contributed by atoms with Gasteiger partial charge in [-0.25, -0.2) is 0 Å². The molecule has 0 aliphatic carbocycles. The van der Waals surface area contributed by atoms with Crippen LogP contribution in [0.1, 0.15) is 10.9 Å². The Hall–Kier alpha value is -1.95. The summed E-state index contributed by atoms with van der Waals surface area (Å²) in [5, 5.41) is 0.638. The summed E-state index contributed by atoms with van der Waals surface area (Å²) in [7, 11) is 0. The van der Waals surface area contributed by atoms with Crippen molar-refractivity contribution in [3.63, 3.8) is 0 Å². The number of thioether (sulfide) groups is 1. The molecule has 3 nitrogen and oxygen atoms in total. The molecule has 1 heterocycles. The van der Waals surface area contributed by atoms with Crippen LogP contribution in [0.3, 0.4) is 0 Å². The molecular formula is C21H15BrClNO2S. The number of carbonyl (C=O) groups excluding carboxylic acids is 1. The maximum Gasteiger partial charge on any atom is 0.238 e. The van der Waals surface area contributed by atoms with Gasteiger partial charge in [-0.05, 0) is 66.2 Å². The number of anilines is 1. The topological polar surface area (TPSA) is 29.5 Å². The van der Waals surface area contributed by atoms with Gasteiger partial charge in [-0.1, -0.05) is 39.7 Å². The van der Waals surface area contributed by atoms with Crippen LogP contribution in [-0.4, -0.2) is 11.7 Å². The number of nitrogens with zero attached hydrogens (tertiary/aromatic N) is 1. The molecule has 1 atom stereocenters. The van der Waals surface area contributed by atoms with Gasteiger partial charge in [0.05, 0.1) is 5.75 Å². The molecule has 0 N–H and O–H groups in total. The third-order valence-corrected chi connectivity index (χ3v) is 6.12. The smallest absolute Gasteiger partial charge is 0.238 e. The van der Waals surface area contributed by atoms with Crippen LogP contribution >= 0.6 is 39.3 Å². The van der Waals surface area contributed by atoms with Gasteiger partial charge < -0.3 is 4.74 Å². The number of rotatable bonds is 4. The Morgan fingerprint density at radius 2 is 1.67 bits per heavy atom. The van der Waals surface area contributed by atoms with Gasteiger partial charge in [0.1, 0.15) is 16.9 Å². The average molecular weight is 461 g/mol. The largest absolute Gasteiger partial charge is 0.457 e. The van der Waals surface area contributed by atoms with Crippen molar-refractivity contribution in [3.8, 4) is 11.5 Å². The molecule has 3 aromatic rings. The van der Waals surface area contributed by atoms with Crippen molar-refractivity contribution in [1.82, 2.24) is 0 Å². The normalized spacial score (nSPS) is 16.6. The SMILES string of the molecule is O=C1CS[C@H](c2cccc(Br)c2)N1c1ccc(Oc2ccc(Cl)cc2)cc1. The fourth-order valence-corrected chi connectivity index (χ4v) is 4.63. The van der Waals surface area contributed by atoms with Crippen molar-refractivity contribution in [1.29, 1.82) is 0 Å². The molecular weight excluding hydrogens is 446 g/mol. The van der Waals surface area contributed by atoms with Crippen molar-refractivity contribution in [2.24, 2.45) is 0 Å². The number of amides is 1. The first kappa shape index (κ1) is 18.4. The van der Waals surface area contributed by atoms with Gasteiger partial charge in [-0.15, -0.1) is 11.8 Å². The Balaban J connectivity index is 1.56. The summed E-state index contributed by atoms with van der Waals surface area (Å²) >= 11 is 11.0. The Labute approximate surface area is 175 Å². The van der Waals surface area contributed by atoms with Crippen LogP contribution in [-0.2, 0) is 4.79 Å². The van der Waals surface area contributed by atoms with Crippen LogP contribution < -0.4 is 9.64 Å². The second-order valence-corrected chi connectivity index (χ2v) is 8.45.